The monoisotopic (exact) mass is 1010 g/mol. The van der Waals surface area contributed by atoms with Gasteiger partial charge in [-0.25, -0.2) is 0 Å². The van der Waals surface area contributed by atoms with Gasteiger partial charge in [-0.15, -0.1) is 5.10 Å². The van der Waals surface area contributed by atoms with Crippen LogP contribution in [0, 0.1) is 18.3 Å². The molecule has 4 aromatic carbocycles. The maximum atomic E-state index is 10.8. The normalized spacial score (nSPS) is 9.22. The molecule has 0 bridgehead atoms. The average molecular weight is 1010 g/mol. The van der Waals surface area contributed by atoms with E-state index in [1.165, 1.54) is 21.1 Å². The molecule has 0 unspecified atom stereocenters. The Morgan fingerprint density at radius 1 is 0.828 bits per heavy atom. The van der Waals surface area contributed by atoms with Crippen molar-refractivity contribution < 1.29 is 136 Å². The number of nitrogens with two attached hydrogens (primary N) is 1. The van der Waals surface area contributed by atoms with Gasteiger partial charge in [-0.1, -0.05) is 64.4 Å². The summed E-state index contributed by atoms with van der Waals surface area (Å²) in [4.78, 5) is 41.0. The van der Waals surface area contributed by atoms with E-state index in [1.54, 1.807) is 73.5 Å². The number of azide groups is 1. The first-order valence-corrected chi connectivity index (χ1v) is 17.8. The molecular formula is C41H45CsN8O14. The zero-order chi connectivity index (χ0) is 46.8. The van der Waals surface area contributed by atoms with E-state index in [-0.39, 0.29) is 114 Å². The van der Waals surface area contributed by atoms with E-state index in [0.29, 0.717) is 57.9 Å². The summed E-state index contributed by atoms with van der Waals surface area (Å²) in [5, 5.41) is 28.7. The van der Waals surface area contributed by atoms with Gasteiger partial charge >= 0.3 is 75.0 Å². The zero-order valence-electron chi connectivity index (χ0n) is 36.1. The van der Waals surface area contributed by atoms with Gasteiger partial charge in [-0.05, 0) is 55.3 Å². The number of methoxy groups -OCH3 is 4. The molecule has 0 aliphatic heterocycles. The molecule has 5 aromatic rings. The summed E-state index contributed by atoms with van der Waals surface area (Å²) in [6.45, 7) is 3.73. The Kier molecular flexibility index (Phi) is 32.4. The van der Waals surface area contributed by atoms with E-state index in [4.69, 9.17) is 74.1 Å². The second-order valence-corrected chi connectivity index (χ2v) is 11.6. The Morgan fingerprint density at radius 3 is 1.77 bits per heavy atom. The van der Waals surface area contributed by atoms with Crippen molar-refractivity contribution in [3.8, 4) is 46.0 Å². The molecule has 5 rings (SSSR count). The van der Waals surface area contributed by atoms with E-state index in [0.717, 1.165) is 16.7 Å². The first-order chi connectivity index (χ1) is 30.5. The largest absolute Gasteiger partial charge is 1.00 e. The number of nitriles is 1. The number of aryl methyl sites for hydroxylation is 1. The molecule has 0 spiro atoms. The van der Waals surface area contributed by atoms with Crippen LogP contribution in [0.1, 0.15) is 28.4 Å². The zero-order valence-corrected chi connectivity index (χ0v) is 42.4. The van der Waals surface area contributed by atoms with E-state index in [1.807, 2.05) is 43.3 Å². The topological polar surface area (TPSA) is 304 Å². The first kappa shape index (κ1) is 58.2. The maximum Gasteiger partial charge on any atom is 1.00 e. The molecule has 22 nitrogen and oxygen atoms in total. The molecule has 23 heteroatoms. The molecular weight excluding hydrogens is 961 g/mol. The summed E-state index contributed by atoms with van der Waals surface area (Å²) in [5.74, 6) is 2.41. The standard InChI is InChI=1S/C19H22N4O4.C10H13N3O4.C10H9NO.CH2O3.CO2.Cs/c1-13-4-6-14(7-5-13)18-19(20)23(22-21-18)15-8-9-16(26-11-24-2)17(10-15)27-12-25-3;1-14-6-16-9-4-3-8(12-13-11)5-10(9)17-7-15-2;1-8(12)10-4-2-9(3-5-10)6-7-11;2-1-4-3;2-1-3;/h4-10H,11-12,20H2,1-3H3;3-5H,6-7H2,1-2H3;2-5H,6H2,1H3;1,3H;;/q;;;;;+1/p-1. The van der Waals surface area contributed by atoms with E-state index in [9.17, 15) is 4.79 Å². The van der Waals surface area contributed by atoms with E-state index < -0.39 is 0 Å². The van der Waals surface area contributed by atoms with Crippen LogP contribution in [-0.4, -0.2) is 89.0 Å². The fourth-order valence-electron chi connectivity index (χ4n) is 4.54. The SMILES string of the molecule is CC(=O)c1ccc(CC#N)cc1.COCOc1ccc(-n2nnc(-c3ccc(C)cc3)c2N)cc1OCOC.COCOc1ccc(N=[N+]=[N-])cc1OCOC.O=C=O.O=CO[O-].[Cs+]. The predicted molar refractivity (Wildman–Crippen MR) is 219 cm³/mol. The number of ketones is 1. The quantitative estimate of drug-likeness (QED) is 0.0192. The van der Waals surface area contributed by atoms with Crippen molar-refractivity contribution in [2.75, 3.05) is 61.3 Å². The average Bonchev–Trinajstić information content (AvgIpc) is 3.68. The van der Waals surface area contributed by atoms with Crippen LogP contribution >= 0.6 is 0 Å². The Balaban J connectivity index is 0.000000919. The molecule has 2 N–H and O–H groups in total. The first-order valence-electron chi connectivity index (χ1n) is 17.8. The number of ether oxygens (including phenoxy) is 8. The molecule has 334 valence electrons. The Morgan fingerprint density at radius 2 is 1.31 bits per heavy atom. The van der Waals surface area contributed by atoms with Crippen molar-refractivity contribution in [3.63, 3.8) is 0 Å². The van der Waals surface area contributed by atoms with Gasteiger partial charge in [0.1, 0.15) is 5.69 Å². The third kappa shape index (κ3) is 22.0. The van der Waals surface area contributed by atoms with Crippen LogP contribution in [0.4, 0.5) is 11.5 Å². The molecule has 0 amide bonds. The van der Waals surface area contributed by atoms with Crippen LogP contribution in [0.3, 0.4) is 0 Å². The summed E-state index contributed by atoms with van der Waals surface area (Å²) < 4.78 is 42.7. The van der Waals surface area contributed by atoms with Crippen molar-refractivity contribution in [1.29, 1.82) is 5.26 Å². The van der Waals surface area contributed by atoms with Crippen molar-refractivity contribution >= 4 is 29.9 Å². The molecule has 0 atom stereocenters. The van der Waals surface area contributed by atoms with Crippen LogP contribution in [0.25, 0.3) is 27.4 Å². The van der Waals surface area contributed by atoms with Gasteiger partial charge in [0, 0.05) is 56.2 Å². The van der Waals surface area contributed by atoms with Gasteiger partial charge in [0.25, 0.3) is 6.47 Å². The minimum absolute atomic E-state index is 0. The summed E-state index contributed by atoms with van der Waals surface area (Å²) in [7, 11) is 6.12. The second kappa shape index (κ2) is 35.6. The number of rotatable bonds is 18. The van der Waals surface area contributed by atoms with E-state index >= 15 is 0 Å². The smallest absolute Gasteiger partial charge is 0.662 e. The number of aromatic nitrogens is 3. The number of Topliss-reactive ketones (excluding diaryl/α,β-unsaturated/α-hetero) is 1. The van der Waals surface area contributed by atoms with Crippen LogP contribution in [0.15, 0.2) is 90.0 Å². The number of nitrogen functional groups attached to an aromatic ring is 1. The number of hydrogen-bond acceptors (Lipinski definition) is 19. The summed E-state index contributed by atoms with van der Waals surface area (Å²) in [6.07, 6.45) is 0.651. The van der Waals surface area contributed by atoms with E-state index in [2.05, 4.69) is 25.2 Å². The molecule has 0 aliphatic carbocycles. The Labute approximate surface area is 427 Å². The maximum absolute atomic E-state index is 10.8. The summed E-state index contributed by atoms with van der Waals surface area (Å²) in [5.41, 5.74) is 20.1. The molecule has 0 radical (unpaired) electrons. The number of benzene rings is 4. The van der Waals surface area contributed by atoms with Gasteiger partial charge in [0.05, 0.1) is 18.2 Å². The second-order valence-electron chi connectivity index (χ2n) is 11.6. The molecule has 0 aliphatic rings. The summed E-state index contributed by atoms with van der Waals surface area (Å²) in [6, 6.07) is 27.2. The Hall–Kier alpha value is -5.81. The van der Waals surface area contributed by atoms with Gasteiger partial charge in [0.2, 0.25) is 0 Å². The van der Waals surface area contributed by atoms with Crippen LogP contribution in [-0.2, 0) is 44.6 Å². The van der Waals surface area contributed by atoms with Crippen molar-refractivity contribution in [2.45, 2.75) is 20.3 Å². The van der Waals surface area contributed by atoms with Crippen molar-refractivity contribution in [3.05, 3.63) is 112 Å². The number of carbonyl (C=O) groups excluding carboxylic acids is 4. The Bertz CT molecular complexity index is 2240. The molecule has 1 heterocycles. The minimum Gasteiger partial charge on any atom is -0.662 e. The van der Waals surface area contributed by atoms with Gasteiger partial charge < -0.3 is 53.8 Å². The minimum atomic E-state index is -0.181. The third-order valence-corrected chi connectivity index (χ3v) is 7.30. The number of carbonyl (C=O) groups is 2. The van der Waals surface area contributed by atoms with Crippen LogP contribution in [0.5, 0.6) is 23.0 Å². The van der Waals surface area contributed by atoms with Gasteiger partial charge in [-0.2, -0.15) is 19.5 Å². The predicted octanol–water partition coefficient (Wildman–Crippen LogP) is 2.19. The van der Waals surface area contributed by atoms with Crippen molar-refractivity contribution in [1.82, 2.24) is 15.0 Å². The molecule has 0 saturated heterocycles. The van der Waals surface area contributed by atoms with Crippen LogP contribution < -0.4 is 98.8 Å². The molecule has 0 saturated carbocycles. The molecule has 1 aromatic heterocycles. The van der Waals surface area contributed by atoms with Gasteiger partial charge in [-0.3, -0.25) is 9.59 Å². The fraction of sp³-hybridized carbons (Fsp3) is 0.268. The third-order valence-electron chi connectivity index (χ3n) is 7.30. The summed E-state index contributed by atoms with van der Waals surface area (Å²) >= 11 is 0. The van der Waals surface area contributed by atoms with Gasteiger partial charge in [0.15, 0.2) is 61.8 Å². The number of nitrogens with zero attached hydrogens (tertiary/aromatic N) is 7. The number of anilines is 1. The van der Waals surface area contributed by atoms with Crippen molar-refractivity contribution in [2.24, 2.45) is 5.11 Å². The molecule has 64 heavy (non-hydrogen) atoms. The fourth-order valence-corrected chi connectivity index (χ4v) is 4.54. The molecule has 0 fully saturated rings. The van der Waals surface area contributed by atoms with Crippen LogP contribution in [0.2, 0.25) is 0 Å². The number of hydrogen-bond donors (Lipinski definition) is 1.